The lowest BCUT2D eigenvalue weighted by Crippen LogP contribution is -2.71. The maximum Gasteiger partial charge on any atom is 0.364 e. The van der Waals surface area contributed by atoms with Gasteiger partial charge in [0.25, 0.3) is 5.79 Å². The van der Waals surface area contributed by atoms with Crippen molar-refractivity contribution < 1.29 is 169 Å². The van der Waals surface area contributed by atoms with Crippen molar-refractivity contribution in [2.24, 2.45) is 0 Å². The quantitative estimate of drug-likeness (QED) is 0.0382. The summed E-state index contributed by atoms with van der Waals surface area (Å²) in [6, 6.07) is -5.37. The highest BCUT2D eigenvalue weighted by molar-refractivity contribution is 5.78. The number of aliphatic hydroxyl groups is 19. The standard InChI is InChI=1S/C45H77N3O34/c1-12-25(61)31(67)33(69)41(74-12)80-39-32(68)28(64)19(7-51)76-43(39)78-35(15(5-49)46-13(2)55)27(63)18(59)11-73-40-24(47-14(3)56)30(66)36(21(9-53)77-40)79-42-34(70)38(29(65)20(8-52)75-42)82-45(44(71)72)4-16(57)23(48-22(60)10-54)37(81-45)26(62)17(58)6-50/h12,15-21,23-43,49-54,57-59,61-70H,4-11H2,1-3H3,(H,46,55)(H,47,56)(H,48,60)(H,71,72)/t12-,15-,16-,17+,18+,19+,20+,21+,23+,24+,25+,26+,27-,28-,29-,30+,31+,32-,33-,34+,35+,36+,37+,38-,39+,40+,41-,42-,43-,45-/m0/s1. The lowest BCUT2D eigenvalue weighted by molar-refractivity contribution is -0.383. The van der Waals surface area contributed by atoms with Gasteiger partial charge >= 0.3 is 5.97 Å². The van der Waals surface area contributed by atoms with Crippen LogP contribution in [0.1, 0.15) is 27.2 Å². The first-order valence-electron chi connectivity index (χ1n) is 25.7. The molecule has 0 spiro atoms. The number of carboxylic acid groups (broad SMARTS) is 1. The van der Waals surface area contributed by atoms with Gasteiger partial charge in [-0.15, -0.1) is 0 Å². The van der Waals surface area contributed by atoms with Crippen LogP contribution in [0.4, 0.5) is 0 Å². The van der Waals surface area contributed by atoms with E-state index in [0.29, 0.717) is 0 Å². The number of rotatable bonds is 26. The van der Waals surface area contributed by atoms with E-state index in [0.717, 1.165) is 13.8 Å². The first-order valence-corrected chi connectivity index (χ1v) is 25.7. The van der Waals surface area contributed by atoms with E-state index in [4.69, 9.17) is 47.4 Å². The summed E-state index contributed by atoms with van der Waals surface area (Å²) in [5, 5.41) is 221. The van der Waals surface area contributed by atoms with Gasteiger partial charge in [-0.1, -0.05) is 0 Å². The fraction of sp³-hybridized carbons (Fsp3) is 0.911. The van der Waals surface area contributed by atoms with Gasteiger partial charge in [0.2, 0.25) is 17.7 Å². The summed E-state index contributed by atoms with van der Waals surface area (Å²) in [7, 11) is 0. The van der Waals surface area contributed by atoms with Crippen molar-refractivity contribution in [1.29, 1.82) is 0 Å². The second kappa shape index (κ2) is 30.4. The van der Waals surface area contributed by atoms with Gasteiger partial charge in [-0.05, 0) is 6.92 Å². The lowest BCUT2D eigenvalue weighted by atomic mass is 9.88. The number of carbonyl (C=O) groups is 4. The minimum atomic E-state index is -3.26. The Kier molecular flexibility index (Phi) is 25.7. The molecule has 0 aromatic carbocycles. The second-order valence-electron chi connectivity index (χ2n) is 20.2. The highest BCUT2D eigenvalue weighted by Gasteiger charge is 2.61. The monoisotopic (exact) mass is 1200 g/mol. The van der Waals surface area contributed by atoms with Crippen LogP contribution in [0.2, 0.25) is 0 Å². The van der Waals surface area contributed by atoms with Crippen LogP contribution in [0.15, 0.2) is 0 Å². The minimum absolute atomic E-state index is 0.854. The topological polar surface area (TPSA) is 601 Å². The summed E-state index contributed by atoms with van der Waals surface area (Å²) in [6.45, 7) is -4.62. The van der Waals surface area contributed by atoms with Crippen LogP contribution in [0.3, 0.4) is 0 Å². The normalized spacial score (nSPS) is 42.2. The second-order valence-corrected chi connectivity index (χ2v) is 20.2. The van der Waals surface area contributed by atoms with E-state index in [9.17, 15) is 121 Å². The summed E-state index contributed by atoms with van der Waals surface area (Å²) < 4.78 is 56.9. The first-order chi connectivity index (χ1) is 38.5. The average molecular weight is 1200 g/mol. The van der Waals surface area contributed by atoms with E-state index < -0.39 is 260 Å². The van der Waals surface area contributed by atoms with Crippen LogP contribution < -0.4 is 16.0 Å². The molecule has 23 N–H and O–H groups in total. The van der Waals surface area contributed by atoms with Gasteiger partial charge in [-0.25, -0.2) is 4.79 Å². The Balaban J connectivity index is 1.38. The Morgan fingerprint density at radius 2 is 1.18 bits per heavy atom. The zero-order chi connectivity index (χ0) is 61.4. The molecule has 5 fully saturated rings. The molecule has 0 aromatic heterocycles. The third-order valence-electron chi connectivity index (χ3n) is 14.3. The molecule has 82 heavy (non-hydrogen) atoms. The summed E-state index contributed by atoms with van der Waals surface area (Å²) in [5.41, 5.74) is 0. The van der Waals surface area contributed by atoms with Gasteiger partial charge in [0, 0.05) is 20.3 Å². The minimum Gasteiger partial charge on any atom is -0.477 e. The highest BCUT2D eigenvalue weighted by Crippen LogP contribution is 2.39. The molecule has 5 aliphatic rings. The molecule has 0 aliphatic carbocycles. The number of carbonyl (C=O) groups excluding carboxylic acids is 3. The summed E-state index contributed by atoms with van der Waals surface area (Å²) >= 11 is 0. The Bertz CT molecular complexity index is 2040. The molecule has 476 valence electrons. The molecule has 30 atom stereocenters. The predicted octanol–water partition coefficient (Wildman–Crippen LogP) is -14.8. The molecule has 0 bridgehead atoms. The van der Waals surface area contributed by atoms with Crippen LogP contribution in [-0.4, -0.2) is 355 Å². The van der Waals surface area contributed by atoms with E-state index >= 15 is 0 Å². The van der Waals surface area contributed by atoms with Crippen molar-refractivity contribution in [2.75, 3.05) is 46.2 Å². The van der Waals surface area contributed by atoms with Crippen molar-refractivity contribution in [3.05, 3.63) is 0 Å². The summed E-state index contributed by atoms with van der Waals surface area (Å²) in [4.78, 5) is 50.1. The number of hydrogen-bond acceptors (Lipinski definition) is 33. The zero-order valence-electron chi connectivity index (χ0n) is 44.1. The van der Waals surface area contributed by atoms with Gasteiger partial charge in [0.1, 0.15) is 135 Å². The number of carboxylic acids is 1. The zero-order valence-corrected chi connectivity index (χ0v) is 44.1. The maximum atomic E-state index is 13.0. The van der Waals surface area contributed by atoms with Gasteiger partial charge in [-0.2, -0.15) is 0 Å². The number of aliphatic hydroxyl groups excluding tert-OH is 19. The molecule has 5 aliphatic heterocycles. The van der Waals surface area contributed by atoms with Crippen LogP contribution in [0.25, 0.3) is 0 Å². The highest BCUT2D eigenvalue weighted by atomic mass is 16.8. The van der Waals surface area contributed by atoms with Crippen molar-refractivity contribution in [3.63, 3.8) is 0 Å². The van der Waals surface area contributed by atoms with Gasteiger partial charge in [0.05, 0.1) is 63.9 Å². The number of nitrogens with one attached hydrogen (secondary N) is 3. The number of aliphatic carboxylic acids is 1. The molecular formula is C45H77N3O34. The van der Waals surface area contributed by atoms with Crippen LogP contribution in [0, 0.1) is 0 Å². The van der Waals surface area contributed by atoms with E-state index in [-0.39, 0.29) is 0 Å². The average Bonchev–Trinajstić information content (AvgIpc) is 2.51. The van der Waals surface area contributed by atoms with Crippen LogP contribution in [0.5, 0.6) is 0 Å². The number of ether oxygens (including phenoxy) is 10. The van der Waals surface area contributed by atoms with Crippen molar-refractivity contribution in [3.8, 4) is 0 Å². The predicted molar refractivity (Wildman–Crippen MR) is 253 cm³/mol. The fourth-order valence-corrected chi connectivity index (χ4v) is 9.85. The lowest BCUT2D eigenvalue weighted by Gasteiger charge is -2.51. The van der Waals surface area contributed by atoms with Gasteiger partial charge in [-0.3, -0.25) is 14.4 Å². The number of amides is 3. The Labute approximate surface area is 464 Å². The van der Waals surface area contributed by atoms with E-state index in [1.165, 1.54) is 6.92 Å². The number of hydrogen-bond donors (Lipinski definition) is 23. The summed E-state index contributed by atoms with van der Waals surface area (Å²) in [6.07, 6.45) is -54.2. The SMILES string of the molecule is CC(=O)N[C@H]1[C@H](OC[C@@H](O)[C@H](O)[C@H](O[C@@H]2O[C@H](CO)[C@H](O)[C@H](O)[C@H]2O[C@@H]2O[C@@H](C)[C@@H](O)[C@@H](O)[C@@H]2O)[C@H](CO)NC(C)=O)O[C@H](CO)[C@@H](O[C@@H]2O[C@H](CO)[C@H](O)[C@H](O[C@]3(C(=O)O)C[C@H](O)[C@@H](NC(=O)CO)[C@H]([C@H](O)[C@H](O)CO)O3)[C@H]2O)[C@@H]1O. The molecule has 0 saturated carbocycles. The van der Waals surface area contributed by atoms with Crippen LogP contribution in [-0.2, 0) is 66.5 Å². The Morgan fingerprint density at radius 1 is 0.598 bits per heavy atom. The van der Waals surface area contributed by atoms with Crippen molar-refractivity contribution >= 4 is 23.7 Å². The van der Waals surface area contributed by atoms with Gasteiger partial charge < -0.3 is 165 Å². The molecule has 37 heteroatoms. The Morgan fingerprint density at radius 3 is 1.74 bits per heavy atom. The van der Waals surface area contributed by atoms with E-state index in [1.54, 1.807) is 0 Å². The molecule has 5 saturated heterocycles. The smallest absolute Gasteiger partial charge is 0.364 e. The molecule has 5 heterocycles. The van der Waals surface area contributed by atoms with E-state index in [2.05, 4.69) is 16.0 Å². The first kappa shape index (κ1) is 69.5. The van der Waals surface area contributed by atoms with Crippen molar-refractivity contribution in [2.45, 2.75) is 211 Å². The molecule has 5 rings (SSSR count). The van der Waals surface area contributed by atoms with Crippen LogP contribution >= 0.6 is 0 Å². The molecule has 0 unspecified atom stereocenters. The molecule has 37 nitrogen and oxygen atoms in total. The third-order valence-corrected chi connectivity index (χ3v) is 14.3. The van der Waals surface area contributed by atoms with E-state index in [1.807, 2.05) is 0 Å². The van der Waals surface area contributed by atoms with Gasteiger partial charge in [0.15, 0.2) is 25.2 Å². The summed E-state index contributed by atoms with van der Waals surface area (Å²) in [5.74, 6) is -8.33. The maximum absolute atomic E-state index is 13.0. The molecule has 3 amide bonds. The molecular weight excluding hydrogens is 1130 g/mol. The van der Waals surface area contributed by atoms with Crippen molar-refractivity contribution in [1.82, 2.24) is 16.0 Å². The molecule has 0 aromatic rings. The largest absolute Gasteiger partial charge is 0.477 e. The fourth-order valence-electron chi connectivity index (χ4n) is 9.85. The molecule has 0 radical (unpaired) electrons. The third kappa shape index (κ3) is 15.8. The Hall–Kier alpha value is -3.28.